The van der Waals surface area contributed by atoms with E-state index in [-0.39, 0.29) is 12.5 Å². The topological polar surface area (TPSA) is 60.9 Å². The number of likely N-dealkylation sites (tertiary alicyclic amines) is 1. The third kappa shape index (κ3) is 5.02. The van der Waals surface area contributed by atoms with Gasteiger partial charge < -0.3 is 14.9 Å². The Morgan fingerprint density at radius 2 is 1.80 bits per heavy atom. The van der Waals surface area contributed by atoms with E-state index in [0.29, 0.717) is 24.3 Å². The Balaban J connectivity index is 2.36. The molecule has 0 aromatic rings. The zero-order valence-corrected chi connectivity index (χ0v) is 13.2. The number of carbonyl (C=O) groups excluding carboxylic acids is 1. The van der Waals surface area contributed by atoms with Crippen LogP contribution in [-0.4, -0.2) is 53.6 Å². The summed E-state index contributed by atoms with van der Waals surface area (Å²) in [7, 11) is 1.75. The normalized spacial score (nSPS) is 17.1. The lowest BCUT2D eigenvalue weighted by molar-refractivity contribution is -0.137. The summed E-state index contributed by atoms with van der Waals surface area (Å²) in [4.78, 5) is 26.2. The van der Waals surface area contributed by atoms with Gasteiger partial charge in [0.2, 0.25) is 0 Å². The van der Waals surface area contributed by atoms with Crippen LogP contribution in [0.25, 0.3) is 0 Å². The Morgan fingerprint density at radius 1 is 1.25 bits per heavy atom. The molecule has 20 heavy (non-hydrogen) atoms. The number of hydrogen-bond donors (Lipinski definition) is 1. The summed E-state index contributed by atoms with van der Waals surface area (Å²) in [6.45, 7) is 8.89. The molecule has 1 saturated heterocycles. The van der Waals surface area contributed by atoms with E-state index >= 15 is 0 Å². The molecule has 0 aliphatic carbocycles. The molecule has 2 amide bonds. The second kappa shape index (κ2) is 6.95. The first-order valence-electron chi connectivity index (χ1n) is 7.43. The van der Waals surface area contributed by atoms with Crippen LogP contribution in [0, 0.1) is 11.3 Å². The molecule has 0 atom stereocenters. The van der Waals surface area contributed by atoms with Gasteiger partial charge in [-0.15, -0.1) is 0 Å². The van der Waals surface area contributed by atoms with Crippen molar-refractivity contribution in [3.05, 3.63) is 0 Å². The first-order chi connectivity index (χ1) is 9.21. The van der Waals surface area contributed by atoms with E-state index in [4.69, 9.17) is 5.11 Å². The quantitative estimate of drug-likeness (QED) is 0.863. The van der Waals surface area contributed by atoms with Crippen LogP contribution >= 0.6 is 0 Å². The van der Waals surface area contributed by atoms with Gasteiger partial charge in [-0.1, -0.05) is 20.8 Å². The van der Waals surface area contributed by atoms with Crippen LogP contribution in [0.4, 0.5) is 4.79 Å². The molecule has 1 aliphatic rings. The number of carboxylic acids is 1. The van der Waals surface area contributed by atoms with Gasteiger partial charge in [0.15, 0.2) is 0 Å². The number of carboxylic acid groups (broad SMARTS) is 1. The molecule has 0 saturated carbocycles. The lowest BCUT2D eigenvalue weighted by Crippen LogP contribution is -2.47. The Labute approximate surface area is 121 Å². The standard InChI is InChI=1S/C15H28N2O3/c1-15(2,3)12-7-10-17(11-8-12)14(20)16(4)9-5-6-13(18)19/h12H,5-11H2,1-4H3,(H,18,19). The van der Waals surface area contributed by atoms with E-state index in [2.05, 4.69) is 20.8 Å². The van der Waals surface area contributed by atoms with Crippen LogP contribution in [0.3, 0.4) is 0 Å². The van der Waals surface area contributed by atoms with Gasteiger partial charge in [0.05, 0.1) is 0 Å². The van der Waals surface area contributed by atoms with Gasteiger partial charge >= 0.3 is 12.0 Å². The average molecular weight is 284 g/mol. The SMILES string of the molecule is CN(CCCC(=O)O)C(=O)N1CCC(C(C)(C)C)CC1. The summed E-state index contributed by atoms with van der Waals surface area (Å²) in [6.07, 6.45) is 2.73. The fourth-order valence-electron chi connectivity index (χ4n) is 2.74. The van der Waals surface area contributed by atoms with Crippen molar-refractivity contribution in [1.82, 2.24) is 9.80 Å². The predicted molar refractivity (Wildman–Crippen MR) is 78.6 cm³/mol. The van der Waals surface area contributed by atoms with Gasteiger partial charge in [-0.3, -0.25) is 4.79 Å². The molecule has 1 aliphatic heterocycles. The molecule has 0 unspecified atom stereocenters. The second-order valence-electron chi connectivity index (χ2n) is 6.83. The van der Waals surface area contributed by atoms with Crippen molar-refractivity contribution in [2.75, 3.05) is 26.7 Å². The minimum atomic E-state index is -0.808. The molecule has 5 heteroatoms. The number of hydrogen-bond acceptors (Lipinski definition) is 2. The second-order valence-corrected chi connectivity index (χ2v) is 6.83. The third-order valence-electron chi connectivity index (χ3n) is 4.20. The van der Waals surface area contributed by atoms with Crippen LogP contribution in [0.2, 0.25) is 0 Å². The first kappa shape index (κ1) is 16.8. The van der Waals surface area contributed by atoms with Gasteiger partial charge in [0.25, 0.3) is 0 Å². The van der Waals surface area contributed by atoms with E-state index in [1.165, 1.54) is 0 Å². The molecule has 1 fully saturated rings. The third-order valence-corrected chi connectivity index (χ3v) is 4.20. The number of piperidine rings is 1. The molecule has 1 rings (SSSR count). The number of nitrogens with zero attached hydrogens (tertiary/aromatic N) is 2. The molecule has 0 bridgehead atoms. The molecule has 0 aromatic heterocycles. The molecule has 5 nitrogen and oxygen atoms in total. The van der Waals surface area contributed by atoms with Crippen molar-refractivity contribution < 1.29 is 14.7 Å². The molecular formula is C15H28N2O3. The lowest BCUT2D eigenvalue weighted by Gasteiger charge is -2.39. The minimum Gasteiger partial charge on any atom is -0.481 e. The number of urea groups is 1. The Morgan fingerprint density at radius 3 is 2.25 bits per heavy atom. The van der Waals surface area contributed by atoms with Crippen LogP contribution < -0.4 is 0 Å². The zero-order valence-electron chi connectivity index (χ0n) is 13.2. The maximum atomic E-state index is 12.2. The zero-order chi connectivity index (χ0) is 15.3. The minimum absolute atomic E-state index is 0.0303. The van der Waals surface area contributed by atoms with E-state index in [0.717, 1.165) is 25.9 Å². The summed E-state index contributed by atoms with van der Waals surface area (Å²) >= 11 is 0. The lowest BCUT2D eigenvalue weighted by atomic mass is 9.75. The highest BCUT2D eigenvalue weighted by atomic mass is 16.4. The number of rotatable bonds is 4. The summed E-state index contributed by atoms with van der Waals surface area (Å²) in [5.41, 5.74) is 0.308. The smallest absolute Gasteiger partial charge is 0.319 e. The van der Waals surface area contributed by atoms with Gasteiger partial charge in [-0.05, 0) is 30.6 Å². The fraction of sp³-hybridized carbons (Fsp3) is 0.867. The van der Waals surface area contributed by atoms with Crippen molar-refractivity contribution in [3.8, 4) is 0 Å². The van der Waals surface area contributed by atoms with Gasteiger partial charge in [0.1, 0.15) is 0 Å². The van der Waals surface area contributed by atoms with Gasteiger partial charge in [-0.25, -0.2) is 4.79 Å². The summed E-state index contributed by atoms with van der Waals surface area (Å²) in [6, 6.07) is 0.0303. The molecule has 0 radical (unpaired) electrons. The number of amides is 2. The largest absolute Gasteiger partial charge is 0.481 e. The molecular weight excluding hydrogens is 256 g/mol. The van der Waals surface area contributed by atoms with Crippen LogP contribution in [0.15, 0.2) is 0 Å². The monoisotopic (exact) mass is 284 g/mol. The van der Waals surface area contributed by atoms with Crippen molar-refractivity contribution >= 4 is 12.0 Å². The Hall–Kier alpha value is -1.26. The highest BCUT2D eigenvalue weighted by Crippen LogP contribution is 2.34. The summed E-state index contributed by atoms with van der Waals surface area (Å²) in [5.74, 6) is -0.138. The Bertz CT molecular complexity index is 342. The van der Waals surface area contributed by atoms with Crippen LogP contribution in [0.5, 0.6) is 0 Å². The van der Waals surface area contributed by atoms with Crippen molar-refractivity contribution in [3.63, 3.8) is 0 Å². The van der Waals surface area contributed by atoms with Gasteiger partial charge in [0, 0.05) is 33.1 Å². The number of carbonyl (C=O) groups is 2. The van der Waals surface area contributed by atoms with E-state index in [1.807, 2.05) is 4.90 Å². The van der Waals surface area contributed by atoms with Crippen molar-refractivity contribution in [2.45, 2.75) is 46.5 Å². The highest BCUT2D eigenvalue weighted by Gasteiger charge is 2.31. The molecule has 0 spiro atoms. The summed E-state index contributed by atoms with van der Waals surface area (Å²) in [5, 5.41) is 8.61. The van der Waals surface area contributed by atoms with Crippen LogP contribution in [-0.2, 0) is 4.79 Å². The Kier molecular flexibility index (Phi) is 5.84. The first-order valence-corrected chi connectivity index (χ1v) is 7.43. The predicted octanol–water partition coefficient (Wildman–Crippen LogP) is 2.66. The molecule has 1 heterocycles. The fourth-order valence-corrected chi connectivity index (χ4v) is 2.74. The molecule has 1 N–H and O–H groups in total. The maximum absolute atomic E-state index is 12.2. The molecule has 116 valence electrons. The van der Waals surface area contributed by atoms with E-state index in [1.54, 1.807) is 11.9 Å². The van der Waals surface area contributed by atoms with Crippen molar-refractivity contribution in [2.24, 2.45) is 11.3 Å². The number of aliphatic carboxylic acids is 1. The highest BCUT2D eigenvalue weighted by molar-refractivity contribution is 5.74. The van der Waals surface area contributed by atoms with E-state index in [9.17, 15) is 9.59 Å². The van der Waals surface area contributed by atoms with Gasteiger partial charge in [-0.2, -0.15) is 0 Å². The van der Waals surface area contributed by atoms with E-state index < -0.39 is 5.97 Å². The van der Waals surface area contributed by atoms with Crippen LogP contribution in [0.1, 0.15) is 46.5 Å². The average Bonchev–Trinajstić information content (AvgIpc) is 2.36. The molecule has 0 aromatic carbocycles. The van der Waals surface area contributed by atoms with Crippen molar-refractivity contribution in [1.29, 1.82) is 0 Å². The maximum Gasteiger partial charge on any atom is 0.319 e. The summed E-state index contributed by atoms with van der Waals surface area (Å²) < 4.78 is 0.